The van der Waals surface area contributed by atoms with Crippen LogP contribution < -0.4 is 4.74 Å². The minimum Gasteiger partial charge on any atom is -0.478 e. The summed E-state index contributed by atoms with van der Waals surface area (Å²) in [5.74, 6) is -0.844. The molecule has 23 heavy (non-hydrogen) atoms. The molecule has 5 nitrogen and oxygen atoms in total. The highest BCUT2D eigenvalue weighted by Crippen LogP contribution is 2.48. The van der Waals surface area contributed by atoms with Gasteiger partial charge in [-0.25, -0.2) is 9.59 Å². The van der Waals surface area contributed by atoms with Crippen molar-refractivity contribution in [2.24, 2.45) is 0 Å². The fraction of sp³-hybridized carbons (Fsp3) is 0.176. The van der Waals surface area contributed by atoms with Crippen molar-refractivity contribution in [1.29, 1.82) is 0 Å². The molecule has 0 amide bonds. The maximum absolute atomic E-state index is 11.2. The van der Waals surface area contributed by atoms with Gasteiger partial charge in [0.2, 0.25) is 0 Å². The lowest BCUT2D eigenvalue weighted by molar-refractivity contribution is 0.0686. The van der Waals surface area contributed by atoms with Crippen LogP contribution in [-0.2, 0) is 5.41 Å². The van der Waals surface area contributed by atoms with Crippen molar-refractivity contribution >= 4 is 24.3 Å². The number of halogens is 1. The summed E-state index contributed by atoms with van der Waals surface area (Å²) in [5.41, 5.74) is 1.24. The summed E-state index contributed by atoms with van der Waals surface area (Å²) in [6.07, 6.45) is 0. The molecule has 0 unspecified atom stereocenters. The highest BCUT2D eigenvalue weighted by atomic mass is 35.5. The van der Waals surface area contributed by atoms with Crippen LogP contribution >= 0.6 is 12.4 Å². The van der Waals surface area contributed by atoms with Crippen LogP contribution in [0, 0.1) is 0 Å². The predicted octanol–water partition coefficient (Wildman–Crippen LogP) is 3.94. The van der Waals surface area contributed by atoms with E-state index in [1.54, 1.807) is 24.3 Å². The fourth-order valence-corrected chi connectivity index (χ4v) is 2.74. The van der Waals surface area contributed by atoms with E-state index in [0.717, 1.165) is 11.1 Å². The zero-order chi connectivity index (χ0) is 16.1. The van der Waals surface area contributed by atoms with E-state index in [1.807, 2.05) is 13.8 Å². The number of hydrogen-bond donors (Lipinski definition) is 2. The zero-order valence-electron chi connectivity index (χ0n) is 12.5. The Labute approximate surface area is 138 Å². The molecule has 2 aromatic rings. The van der Waals surface area contributed by atoms with Crippen LogP contribution in [0.4, 0.5) is 0 Å². The van der Waals surface area contributed by atoms with Gasteiger partial charge in [0.05, 0.1) is 11.1 Å². The smallest absolute Gasteiger partial charge is 0.335 e. The second kappa shape index (κ2) is 5.59. The van der Waals surface area contributed by atoms with Crippen molar-refractivity contribution in [3.8, 4) is 11.5 Å². The monoisotopic (exact) mass is 334 g/mol. The summed E-state index contributed by atoms with van der Waals surface area (Å²) in [6, 6.07) is 9.41. The van der Waals surface area contributed by atoms with E-state index < -0.39 is 17.4 Å². The van der Waals surface area contributed by atoms with Crippen LogP contribution in [0.5, 0.6) is 11.5 Å². The van der Waals surface area contributed by atoms with E-state index in [1.165, 1.54) is 12.1 Å². The number of carboxylic acids is 2. The summed E-state index contributed by atoms with van der Waals surface area (Å²) in [6.45, 7) is 3.84. The molecule has 0 aromatic heterocycles. The summed E-state index contributed by atoms with van der Waals surface area (Å²) in [5, 5.41) is 18.3. The average Bonchev–Trinajstić information content (AvgIpc) is 2.46. The van der Waals surface area contributed by atoms with Gasteiger partial charge in [-0.1, -0.05) is 13.8 Å². The number of benzene rings is 2. The molecule has 0 saturated carbocycles. The van der Waals surface area contributed by atoms with Crippen molar-refractivity contribution in [2.45, 2.75) is 19.3 Å². The maximum Gasteiger partial charge on any atom is 0.335 e. The van der Waals surface area contributed by atoms with Crippen LogP contribution in [0.1, 0.15) is 45.7 Å². The first-order valence-electron chi connectivity index (χ1n) is 6.74. The molecule has 2 N–H and O–H groups in total. The van der Waals surface area contributed by atoms with Gasteiger partial charge in [-0.05, 0) is 36.4 Å². The van der Waals surface area contributed by atoms with E-state index >= 15 is 0 Å². The minimum atomic E-state index is -1.01. The summed E-state index contributed by atoms with van der Waals surface area (Å²) < 4.78 is 5.80. The molecule has 1 aliphatic heterocycles. The molecule has 1 aliphatic rings. The van der Waals surface area contributed by atoms with E-state index in [9.17, 15) is 9.59 Å². The van der Waals surface area contributed by atoms with Crippen molar-refractivity contribution in [3.63, 3.8) is 0 Å². The minimum absolute atomic E-state index is 0. The molecule has 3 rings (SSSR count). The van der Waals surface area contributed by atoms with Gasteiger partial charge in [-0.3, -0.25) is 0 Å². The summed E-state index contributed by atoms with van der Waals surface area (Å²) in [4.78, 5) is 22.3. The highest BCUT2D eigenvalue weighted by Gasteiger charge is 2.35. The van der Waals surface area contributed by atoms with Crippen molar-refractivity contribution < 1.29 is 24.5 Å². The van der Waals surface area contributed by atoms with Gasteiger partial charge >= 0.3 is 11.9 Å². The fourth-order valence-electron chi connectivity index (χ4n) is 2.74. The standard InChI is InChI=1S/C17H14O5.ClH/c1-17(2)11-7-9(15(18)19)3-5-13(11)22-14-6-4-10(16(20)21)8-12(14)17;/h3-8H,1-2H3,(H,18,19)(H,20,21);1H. The first kappa shape index (κ1) is 16.8. The van der Waals surface area contributed by atoms with Gasteiger partial charge in [0.15, 0.2) is 0 Å². The number of carboxylic acid groups (broad SMARTS) is 2. The SMILES string of the molecule is CC1(C)c2cc(C(=O)O)ccc2Oc2ccc(C(=O)O)cc21.Cl. The number of aromatic carboxylic acids is 2. The molecular weight excluding hydrogens is 320 g/mol. The number of hydrogen-bond acceptors (Lipinski definition) is 3. The highest BCUT2D eigenvalue weighted by molar-refractivity contribution is 5.89. The van der Waals surface area contributed by atoms with E-state index in [-0.39, 0.29) is 23.5 Å². The Hall–Kier alpha value is -2.53. The maximum atomic E-state index is 11.2. The zero-order valence-corrected chi connectivity index (χ0v) is 13.3. The number of fused-ring (bicyclic) bond motifs is 2. The van der Waals surface area contributed by atoms with Gasteiger partial charge in [0.25, 0.3) is 0 Å². The molecule has 0 bridgehead atoms. The van der Waals surface area contributed by atoms with Crippen LogP contribution in [-0.4, -0.2) is 22.2 Å². The number of rotatable bonds is 2. The van der Waals surface area contributed by atoms with Gasteiger partial charge < -0.3 is 14.9 Å². The second-order valence-electron chi connectivity index (χ2n) is 5.76. The van der Waals surface area contributed by atoms with Crippen molar-refractivity contribution in [2.75, 3.05) is 0 Å². The predicted molar refractivity (Wildman–Crippen MR) is 86.3 cm³/mol. The first-order valence-corrected chi connectivity index (χ1v) is 6.74. The van der Waals surface area contributed by atoms with Crippen LogP contribution in [0.25, 0.3) is 0 Å². The number of ether oxygens (including phenoxy) is 1. The number of carbonyl (C=O) groups is 2. The van der Waals surface area contributed by atoms with Crippen LogP contribution in [0.15, 0.2) is 36.4 Å². The first-order chi connectivity index (χ1) is 10.3. The third kappa shape index (κ3) is 2.64. The van der Waals surface area contributed by atoms with Gasteiger partial charge in [0, 0.05) is 16.5 Å². The summed E-state index contributed by atoms with van der Waals surface area (Å²) in [7, 11) is 0. The Balaban J connectivity index is 0.00000192. The van der Waals surface area contributed by atoms with E-state index in [2.05, 4.69) is 0 Å². The Morgan fingerprint density at radius 3 is 1.61 bits per heavy atom. The lowest BCUT2D eigenvalue weighted by Crippen LogP contribution is -2.25. The van der Waals surface area contributed by atoms with Gasteiger partial charge in [0.1, 0.15) is 11.5 Å². The second-order valence-corrected chi connectivity index (χ2v) is 5.76. The summed E-state index contributed by atoms with van der Waals surface area (Å²) >= 11 is 0. The molecular formula is C17H15ClO5. The van der Waals surface area contributed by atoms with Crippen LogP contribution in [0.3, 0.4) is 0 Å². The molecule has 0 spiro atoms. The molecule has 6 heteroatoms. The molecule has 0 radical (unpaired) electrons. The van der Waals surface area contributed by atoms with Crippen molar-refractivity contribution in [3.05, 3.63) is 58.7 Å². The largest absolute Gasteiger partial charge is 0.478 e. The topological polar surface area (TPSA) is 83.8 Å². The van der Waals surface area contributed by atoms with Crippen molar-refractivity contribution in [1.82, 2.24) is 0 Å². The van der Waals surface area contributed by atoms with Gasteiger partial charge in [-0.15, -0.1) is 12.4 Å². The molecule has 0 fully saturated rings. The third-order valence-electron chi connectivity index (χ3n) is 4.02. The Morgan fingerprint density at radius 2 is 1.26 bits per heavy atom. The lowest BCUT2D eigenvalue weighted by atomic mass is 9.75. The Morgan fingerprint density at radius 1 is 0.870 bits per heavy atom. The normalized spacial score (nSPS) is 13.8. The Kier molecular flexibility index (Phi) is 4.09. The molecule has 0 aliphatic carbocycles. The third-order valence-corrected chi connectivity index (χ3v) is 4.02. The lowest BCUT2D eigenvalue weighted by Gasteiger charge is -2.34. The molecule has 0 atom stereocenters. The van der Waals surface area contributed by atoms with E-state index in [4.69, 9.17) is 14.9 Å². The van der Waals surface area contributed by atoms with E-state index in [0.29, 0.717) is 11.5 Å². The average molecular weight is 335 g/mol. The molecule has 120 valence electrons. The quantitative estimate of drug-likeness (QED) is 0.869. The van der Waals surface area contributed by atoms with Gasteiger partial charge in [-0.2, -0.15) is 0 Å². The Bertz CT molecular complexity index is 745. The van der Waals surface area contributed by atoms with Crippen LogP contribution in [0.2, 0.25) is 0 Å². The molecule has 1 heterocycles. The molecule has 0 saturated heterocycles. The molecule has 2 aromatic carbocycles.